The van der Waals surface area contributed by atoms with Crippen molar-refractivity contribution in [2.45, 2.75) is 0 Å². The molecule has 0 unspecified atom stereocenters. The van der Waals surface area contributed by atoms with Crippen molar-refractivity contribution in [1.29, 1.82) is 0 Å². The van der Waals surface area contributed by atoms with E-state index < -0.39 is 0 Å². The Morgan fingerprint density at radius 1 is 0.333 bits per heavy atom. The first-order valence-electron chi connectivity index (χ1n) is 19.4. The van der Waals surface area contributed by atoms with Crippen molar-refractivity contribution >= 4 is 85.6 Å². The highest BCUT2D eigenvalue weighted by Crippen LogP contribution is 2.43. The van der Waals surface area contributed by atoms with Gasteiger partial charge in [-0.2, -0.15) is 0 Å². The molecule has 264 valence electrons. The summed E-state index contributed by atoms with van der Waals surface area (Å²) in [6.07, 6.45) is 1.95. The first-order chi connectivity index (χ1) is 28.2. The molecule has 3 heteroatoms. The smallest absolute Gasteiger partial charge is 0.0979 e. The lowest BCUT2D eigenvalue weighted by molar-refractivity contribution is 1.31. The predicted molar refractivity (Wildman–Crippen MR) is 244 cm³/mol. The minimum Gasteiger partial charge on any atom is -0.252 e. The van der Waals surface area contributed by atoms with Crippen molar-refractivity contribution in [3.05, 3.63) is 194 Å². The molecule has 2 aromatic heterocycles. The molecule has 0 aliphatic rings. The molecule has 0 saturated heterocycles. The van der Waals surface area contributed by atoms with Gasteiger partial charge >= 0.3 is 0 Å². The Morgan fingerprint density at radius 2 is 0.860 bits per heavy atom. The molecule has 0 amide bonds. The van der Waals surface area contributed by atoms with E-state index >= 15 is 0 Å². The highest BCUT2D eigenvalue weighted by Gasteiger charge is 2.17. The van der Waals surface area contributed by atoms with Gasteiger partial charge in [0.05, 0.1) is 22.9 Å². The summed E-state index contributed by atoms with van der Waals surface area (Å²) in [4.78, 5) is 10.7. The topological polar surface area (TPSA) is 25.8 Å². The number of thiophene rings is 1. The van der Waals surface area contributed by atoms with Crippen LogP contribution in [0.25, 0.3) is 119 Å². The first-order valence-corrected chi connectivity index (χ1v) is 20.2. The van der Waals surface area contributed by atoms with Gasteiger partial charge < -0.3 is 0 Å². The second-order valence-corrected chi connectivity index (χ2v) is 15.9. The molecule has 0 spiro atoms. The zero-order valence-corrected chi connectivity index (χ0v) is 31.6. The standard InChI is InChI=1S/C54H32N2S/c1-3-17-39-33(11-1)13-8-20-41(39)36-25-27-45-48(30-36)49-31-37(42-21-9-14-34-12-2-4-18-40(34)42)26-28-46(49)53-52(45)55-32-50(56-53)38-16-7-15-35(29-38)43-22-10-23-47-44-19-5-6-24-51(44)57-54(43)47/h1-32H. The summed E-state index contributed by atoms with van der Waals surface area (Å²) < 4.78 is 2.62. The van der Waals surface area contributed by atoms with E-state index in [1.54, 1.807) is 0 Å². The number of hydrogen-bond donors (Lipinski definition) is 0. The van der Waals surface area contributed by atoms with Crippen LogP contribution in [0.3, 0.4) is 0 Å². The Morgan fingerprint density at radius 3 is 1.58 bits per heavy atom. The van der Waals surface area contributed by atoms with Crippen LogP contribution in [0.15, 0.2) is 194 Å². The van der Waals surface area contributed by atoms with Gasteiger partial charge in [-0.15, -0.1) is 11.3 Å². The average Bonchev–Trinajstić information content (AvgIpc) is 3.67. The van der Waals surface area contributed by atoms with Crippen molar-refractivity contribution in [1.82, 2.24) is 9.97 Å². The normalized spacial score (nSPS) is 11.9. The molecule has 0 aliphatic carbocycles. The summed E-state index contributed by atoms with van der Waals surface area (Å²) in [6.45, 7) is 0. The third-order valence-corrected chi connectivity index (χ3v) is 12.9. The summed E-state index contributed by atoms with van der Waals surface area (Å²) in [5, 5.41) is 12.1. The van der Waals surface area contributed by atoms with Gasteiger partial charge in [-0.25, -0.2) is 4.98 Å². The molecule has 0 saturated carbocycles. The first kappa shape index (κ1) is 32.1. The lowest BCUT2D eigenvalue weighted by Gasteiger charge is -2.15. The summed E-state index contributed by atoms with van der Waals surface area (Å²) in [5.74, 6) is 0. The number of aromatic nitrogens is 2. The van der Waals surface area contributed by atoms with Gasteiger partial charge in [-0.05, 0) is 90.0 Å². The van der Waals surface area contributed by atoms with Crippen molar-refractivity contribution in [2.24, 2.45) is 0 Å². The van der Waals surface area contributed by atoms with Crippen LogP contribution in [0.5, 0.6) is 0 Å². The van der Waals surface area contributed by atoms with E-state index in [9.17, 15) is 0 Å². The third kappa shape index (κ3) is 5.10. The van der Waals surface area contributed by atoms with Crippen LogP contribution in [-0.4, -0.2) is 9.97 Å². The van der Waals surface area contributed by atoms with Crippen LogP contribution < -0.4 is 0 Å². The van der Waals surface area contributed by atoms with Gasteiger partial charge in [0.2, 0.25) is 0 Å². The van der Waals surface area contributed by atoms with Crippen molar-refractivity contribution in [3.8, 4) is 44.6 Å². The van der Waals surface area contributed by atoms with Gasteiger partial charge in [0, 0.05) is 36.5 Å². The average molecular weight is 741 g/mol. The monoisotopic (exact) mass is 740 g/mol. The van der Waals surface area contributed by atoms with Crippen LogP contribution in [0, 0.1) is 0 Å². The van der Waals surface area contributed by atoms with E-state index in [2.05, 4.69) is 188 Å². The lowest BCUT2D eigenvalue weighted by Crippen LogP contribution is -1.94. The minimum atomic E-state index is 0.860. The maximum atomic E-state index is 5.47. The fraction of sp³-hybridized carbons (Fsp3) is 0. The van der Waals surface area contributed by atoms with Crippen LogP contribution >= 0.6 is 11.3 Å². The highest BCUT2D eigenvalue weighted by atomic mass is 32.1. The van der Waals surface area contributed by atoms with Crippen LogP contribution in [0.1, 0.15) is 0 Å². The van der Waals surface area contributed by atoms with Crippen molar-refractivity contribution < 1.29 is 0 Å². The van der Waals surface area contributed by atoms with Gasteiger partial charge in [0.15, 0.2) is 0 Å². The fourth-order valence-electron chi connectivity index (χ4n) is 8.97. The number of fused-ring (bicyclic) bond motifs is 11. The molecule has 0 bridgehead atoms. The Hall–Kier alpha value is -7.20. The summed E-state index contributed by atoms with van der Waals surface area (Å²) in [6, 6.07) is 68.3. The number of nitrogens with zero attached hydrogens (tertiary/aromatic N) is 2. The van der Waals surface area contributed by atoms with E-state index in [0.29, 0.717) is 0 Å². The largest absolute Gasteiger partial charge is 0.252 e. The Bertz CT molecular complexity index is 3590. The predicted octanol–water partition coefficient (Wildman–Crippen LogP) is 15.3. The molecule has 12 aromatic rings. The molecule has 10 aromatic carbocycles. The zero-order chi connectivity index (χ0) is 37.5. The molecule has 2 heterocycles. The van der Waals surface area contributed by atoms with Crippen LogP contribution in [-0.2, 0) is 0 Å². The number of rotatable bonds is 4. The second-order valence-electron chi connectivity index (χ2n) is 14.9. The number of benzene rings is 10. The molecule has 57 heavy (non-hydrogen) atoms. The van der Waals surface area contributed by atoms with Gasteiger partial charge in [-0.3, -0.25) is 4.98 Å². The summed E-state index contributed by atoms with van der Waals surface area (Å²) in [5.41, 5.74) is 11.0. The van der Waals surface area contributed by atoms with E-state index in [4.69, 9.17) is 9.97 Å². The molecule has 0 aliphatic heterocycles. The Kier molecular flexibility index (Phi) is 7.13. The lowest BCUT2D eigenvalue weighted by atomic mass is 9.91. The Balaban J connectivity index is 1.08. The van der Waals surface area contributed by atoms with Crippen LogP contribution in [0.2, 0.25) is 0 Å². The minimum absolute atomic E-state index is 0.860. The quantitative estimate of drug-likeness (QED) is 0.168. The molecule has 0 fully saturated rings. The Labute approximate surface area is 333 Å². The second kappa shape index (κ2) is 12.7. The van der Waals surface area contributed by atoms with E-state index in [-0.39, 0.29) is 0 Å². The van der Waals surface area contributed by atoms with E-state index in [0.717, 1.165) is 33.1 Å². The molecule has 0 N–H and O–H groups in total. The van der Waals surface area contributed by atoms with Crippen LogP contribution in [0.4, 0.5) is 0 Å². The van der Waals surface area contributed by atoms with Crippen molar-refractivity contribution in [3.63, 3.8) is 0 Å². The van der Waals surface area contributed by atoms with E-state index in [1.807, 2.05) is 17.5 Å². The molecular weight excluding hydrogens is 709 g/mol. The van der Waals surface area contributed by atoms with E-state index in [1.165, 1.54) is 85.9 Å². The summed E-state index contributed by atoms with van der Waals surface area (Å²) in [7, 11) is 0. The summed E-state index contributed by atoms with van der Waals surface area (Å²) >= 11 is 1.86. The molecule has 12 rings (SSSR count). The molecular formula is C54H32N2S. The number of hydrogen-bond acceptors (Lipinski definition) is 3. The molecule has 2 nitrogen and oxygen atoms in total. The van der Waals surface area contributed by atoms with Crippen molar-refractivity contribution in [2.75, 3.05) is 0 Å². The molecule has 0 atom stereocenters. The van der Waals surface area contributed by atoms with Gasteiger partial charge in [0.25, 0.3) is 0 Å². The molecule has 0 radical (unpaired) electrons. The fourth-order valence-corrected chi connectivity index (χ4v) is 10.2. The van der Waals surface area contributed by atoms with Gasteiger partial charge in [-0.1, -0.05) is 164 Å². The third-order valence-electron chi connectivity index (χ3n) is 11.7. The maximum absolute atomic E-state index is 5.47. The maximum Gasteiger partial charge on any atom is 0.0979 e. The SMILES string of the molecule is c1cc(-c2cnc3c4ccc(-c5cccc6ccccc56)cc4c4cc(-c5cccc6ccccc56)ccc4c3n2)cc(-c2cccc3c2sc2ccccc23)c1. The van der Waals surface area contributed by atoms with Gasteiger partial charge in [0.1, 0.15) is 0 Å². The highest BCUT2D eigenvalue weighted by molar-refractivity contribution is 7.26. The zero-order valence-electron chi connectivity index (χ0n) is 30.8.